The first-order valence-electron chi connectivity index (χ1n) is 15.8. The summed E-state index contributed by atoms with van der Waals surface area (Å²) in [6, 6.07) is 18.9. The van der Waals surface area contributed by atoms with Crippen LogP contribution in [0.4, 0.5) is 5.69 Å². The molecule has 6 heteroatoms. The summed E-state index contributed by atoms with van der Waals surface area (Å²) in [4.78, 5) is 33.2. The lowest BCUT2D eigenvalue weighted by Crippen LogP contribution is -2.43. The molecule has 41 heavy (non-hydrogen) atoms. The maximum atomic E-state index is 13.8. The van der Waals surface area contributed by atoms with Gasteiger partial charge in [-0.05, 0) is 74.5 Å². The lowest BCUT2D eigenvalue weighted by molar-refractivity contribution is -0.128. The van der Waals surface area contributed by atoms with Gasteiger partial charge in [0.15, 0.2) is 0 Å². The Bertz CT molecular complexity index is 1200. The second kappa shape index (κ2) is 13.6. The summed E-state index contributed by atoms with van der Waals surface area (Å²) in [5, 5.41) is 0. The molecule has 2 aliphatic carbocycles. The fourth-order valence-electron chi connectivity index (χ4n) is 7.66. The molecule has 1 unspecified atom stereocenters. The Morgan fingerprint density at radius 3 is 2.44 bits per heavy atom. The highest BCUT2D eigenvalue weighted by molar-refractivity contribution is 5.99. The Kier molecular flexibility index (Phi) is 9.87. The molecule has 220 valence electrons. The molecule has 3 fully saturated rings. The highest BCUT2D eigenvalue weighted by Gasteiger charge is 2.39. The zero-order valence-corrected chi connectivity index (χ0v) is 25.2. The van der Waals surface area contributed by atoms with Crippen molar-refractivity contribution in [1.29, 1.82) is 0 Å². The number of rotatable bonds is 9. The Balaban J connectivity index is 0.00000337. The van der Waals surface area contributed by atoms with E-state index in [2.05, 4.69) is 41.3 Å². The molecular formula is C35H46ClN3O2. The highest BCUT2D eigenvalue weighted by atomic mass is 35.5. The summed E-state index contributed by atoms with van der Waals surface area (Å²) in [5.74, 6) is 0.793. The van der Waals surface area contributed by atoms with Crippen LogP contribution in [0.1, 0.15) is 75.3 Å². The van der Waals surface area contributed by atoms with Gasteiger partial charge >= 0.3 is 0 Å². The molecule has 1 atom stereocenters. The van der Waals surface area contributed by atoms with Crippen LogP contribution in [-0.4, -0.2) is 60.9 Å². The van der Waals surface area contributed by atoms with Crippen molar-refractivity contribution in [3.8, 4) is 0 Å². The third-order valence-electron chi connectivity index (χ3n) is 10.1. The molecule has 0 aromatic heterocycles. The average molecular weight is 576 g/mol. The summed E-state index contributed by atoms with van der Waals surface area (Å²) in [6.45, 7) is 5.26. The maximum Gasteiger partial charge on any atom is 0.232 e. The fraction of sp³-hybridized carbons (Fsp3) is 0.543. The number of amides is 2. The molecule has 1 saturated carbocycles. The number of allylic oxidation sites excluding steroid dienone is 1. The van der Waals surface area contributed by atoms with Gasteiger partial charge in [0.25, 0.3) is 0 Å². The second-order valence-electron chi connectivity index (χ2n) is 12.6. The van der Waals surface area contributed by atoms with Gasteiger partial charge in [-0.3, -0.25) is 9.59 Å². The van der Waals surface area contributed by atoms with Crippen molar-refractivity contribution in [2.24, 2.45) is 11.8 Å². The van der Waals surface area contributed by atoms with E-state index in [0.717, 1.165) is 63.5 Å². The molecule has 2 aromatic rings. The Labute approximate surface area is 252 Å². The van der Waals surface area contributed by atoms with E-state index in [0.29, 0.717) is 19.5 Å². The predicted octanol–water partition coefficient (Wildman–Crippen LogP) is 6.71. The minimum atomic E-state index is -0.233. The van der Waals surface area contributed by atoms with E-state index in [4.69, 9.17) is 0 Å². The molecule has 2 aromatic carbocycles. The minimum Gasteiger partial charge on any atom is -0.342 e. The fourth-order valence-corrected chi connectivity index (χ4v) is 7.66. The van der Waals surface area contributed by atoms with Crippen LogP contribution in [0.3, 0.4) is 0 Å². The van der Waals surface area contributed by atoms with Gasteiger partial charge in [-0.2, -0.15) is 0 Å². The molecule has 0 radical (unpaired) electrons. The van der Waals surface area contributed by atoms with Crippen LogP contribution in [0.2, 0.25) is 0 Å². The van der Waals surface area contributed by atoms with Gasteiger partial charge in [0.2, 0.25) is 11.8 Å². The predicted molar refractivity (Wildman–Crippen MR) is 169 cm³/mol. The monoisotopic (exact) mass is 575 g/mol. The van der Waals surface area contributed by atoms with E-state index in [1.165, 1.54) is 43.2 Å². The van der Waals surface area contributed by atoms with Gasteiger partial charge < -0.3 is 14.7 Å². The van der Waals surface area contributed by atoms with Crippen molar-refractivity contribution < 1.29 is 9.59 Å². The molecule has 2 aliphatic heterocycles. The number of carbonyl (C=O) groups excluding carboxylic acids is 2. The highest BCUT2D eigenvalue weighted by Crippen LogP contribution is 2.43. The van der Waals surface area contributed by atoms with Crippen LogP contribution in [-0.2, 0) is 15.0 Å². The molecular weight excluding hydrogens is 530 g/mol. The number of fused-ring (bicyclic) bond motifs is 2. The first-order valence-corrected chi connectivity index (χ1v) is 15.8. The van der Waals surface area contributed by atoms with Crippen LogP contribution >= 0.6 is 12.4 Å². The van der Waals surface area contributed by atoms with Crippen LogP contribution in [0, 0.1) is 11.8 Å². The number of piperidine rings is 1. The van der Waals surface area contributed by atoms with E-state index >= 15 is 0 Å². The van der Waals surface area contributed by atoms with E-state index < -0.39 is 0 Å². The van der Waals surface area contributed by atoms with Crippen molar-refractivity contribution in [2.45, 2.75) is 69.6 Å². The summed E-state index contributed by atoms with van der Waals surface area (Å²) < 4.78 is 0. The van der Waals surface area contributed by atoms with Gasteiger partial charge in [0.1, 0.15) is 0 Å². The average Bonchev–Trinajstić information content (AvgIpc) is 3.56. The molecule has 6 rings (SSSR count). The Hall–Kier alpha value is -2.63. The van der Waals surface area contributed by atoms with Crippen molar-refractivity contribution in [3.63, 3.8) is 0 Å². The molecule has 2 saturated heterocycles. The standard InChI is InChI=1S/C35H45N3O2.ClH/c39-33-26-30(27-37(33)23-17-28-10-3-1-4-11-28)34(40)38(31-13-5-2-6-14-31)22-9-21-36-24-19-35(20-25-36)18-16-29-12-7-8-15-32(29)35;/h2,5-8,12-16,18,28,30H,1,3-4,9-11,17,19-27H2;1H. The Morgan fingerprint density at radius 2 is 1.66 bits per heavy atom. The normalized spacial score (nSPS) is 22.1. The van der Waals surface area contributed by atoms with Crippen LogP contribution in [0.25, 0.3) is 6.08 Å². The zero-order valence-electron chi connectivity index (χ0n) is 24.4. The van der Waals surface area contributed by atoms with Gasteiger partial charge in [0, 0.05) is 37.2 Å². The second-order valence-corrected chi connectivity index (χ2v) is 12.6. The number of para-hydroxylation sites is 1. The van der Waals surface area contributed by atoms with E-state index in [9.17, 15) is 9.59 Å². The largest absolute Gasteiger partial charge is 0.342 e. The van der Waals surface area contributed by atoms with Crippen LogP contribution in [0.15, 0.2) is 60.7 Å². The van der Waals surface area contributed by atoms with Gasteiger partial charge in [-0.1, -0.05) is 86.7 Å². The quantitative estimate of drug-likeness (QED) is 0.334. The molecule has 5 nitrogen and oxygen atoms in total. The number of halogens is 1. The van der Waals surface area contributed by atoms with Gasteiger partial charge in [-0.25, -0.2) is 0 Å². The topological polar surface area (TPSA) is 43.9 Å². The summed E-state index contributed by atoms with van der Waals surface area (Å²) in [5.41, 5.74) is 4.03. The van der Waals surface area contributed by atoms with E-state index in [1.807, 2.05) is 40.1 Å². The SMILES string of the molecule is Cl.O=C1CC(C(=O)N(CCCN2CCC3(C=Cc4ccccc43)CC2)c2ccccc2)CN1CCC1CCCCC1. The van der Waals surface area contributed by atoms with Gasteiger partial charge in [-0.15, -0.1) is 12.4 Å². The van der Waals surface area contributed by atoms with Crippen molar-refractivity contribution in [1.82, 2.24) is 9.80 Å². The molecule has 0 bridgehead atoms. The third-order valence-corrected chi connectivity index (χ3v) is 10.1. The van der Waals surface area contributed by atoms with Crippen molar-refractivity contribution in [2.75, 3.05) is 44.2 Å². The molecule has 2 heterocycles. The van der Waals surface area contributed by atoms with E-state index in [-0.39, 0.29) is 35.6 Å². The smallest absolute Gasteiger partial charge is 0.232 e. The third kappa shape index (κ3) is 6.73. The molecule has 2 amide bonds. The first-order chi connectivity index (χ1) is 19.6. The number of likely N-dealkylation sites (tertiary alicyclic amines) is 2. The number of hydrogen-bond acceptors (Lipinski definition) is 3. The van der Waals surface area contributed by atoms with E-state index in [1.54, 1.807) is 0 Å². The lowest BCUT2D eigenvalue weighted by atomic mass is 9.74. The first kappa shape index (κ1) is 29.8. The molecule has 1 spiro atoms. The minimum absolute atomic E-state index is 0. The maximum absolute atomic E-state index is 13.8. The number of carbonyl (C=O) groups is 2. The zero-order chi connectivity index (χ0) is 27.4. The summed E-state index contributed by atoms with van der Waals surface area (Å²) in [6.07, 6.45) is 16.1. The van der Waals surface area contributed by atoms with Crippen molar-refractivity contribution >= 4 is 36.0 Å². The van der Waals surface area contributed by atoms with Crippen molar-refractivity contribution in [3.05, 3.63) is 71.8 Å². The molecule has 4 aliphatic rings. The number of nitrogens with zero attached hydrogens (tertiary/aromatic N) is 3. The van der Waals surface area contributed by atoms with Crippen LogP contribution in [0.5, 0.6) is 0 Å². The summed E-state index contributed by atoms with van der Waals surface area (Å²) >= 11 is 0. The Morgan fingerprint density at radius 1 is 0.927 bits per heavy atom. The van der Waals surface area contributed by atoms with Gasteiger partial charge in [0.05, 0.1) is 5.92 Å². The number of hydrogen-bond donors (Lipinski definition) is 0. The lowest BCUT2D eigenvalue weighted by Gasteiger charge is -2.39. The number of benzene rings is 2. The van der Waals surface area contributed by atoms with Crippen LogP contribution < -0.4 is 4.90 Å². The molecule has 0 N–H and O–H groups in total. The number of anilines is 1. The summed E-state index contributed by atoms with van der Waals surface area (Å²) in [7, 11) is 0.